The summed E-state index contributed by atoms with van der Waals surface area (Å²) in [4.78, 5) is 3.76. The fourth-order valence-corrected chi connectivity index (χ4v) is 1.27. The quantitative estimate of drug-likeness (QED) is 0.830. The Morgan fingerprint density at radius 1 is 1.35 bits per heavy atom. The van der Waals surface area contributed by atoms with Gasteiger partial charge >= 0.3 is 6.61 Å². The van der Waals surface area contributed by atoms with Gasteiger partial charge in [0.2, 0.25) is 5.88 Å². The van der Waals surface area contributed by atoms with Crippen LogP contribution in [0.2, 0.25) is 0 Å². The number of hydrogen-bond donors (Lipinski definition) is 0. The number of alkyl halides is 2. The molecule has 4 nitrogen and oxygen atoms in total. The first-order valence-corrected chi connectivity index (χ1v) is 4.69. The zero-order valence-corrected chi connectivity index (χ0v) is 8.77. The third-order valence-corrected chi connectivity index (χ3v) is 2.00. The van der Waals surface area contributed by atoms with E-state index < -0.39 is 12.4 Å². The lowest BCUT2D eigenvalue weighted by Gasteiger charge is -2.00. The van der Waals surface area contributed by atoms with Gasteiger partial charge in [0.15, 0.2) is 5.82 Å². The highest BCUT2D eigenvalue weighted by Gasteiger charge is 2.12. The summed E-state index contributed by atoms with van der Waals surface area (Å²) in [5.41, 5.74) is 0.441. The molecule has 90 valence electrons. The van der Waals surface area contributed by atoms with Crippen LogP contribution in [0.3, 0.4) is 0 Å². The second kappa shape index (κ2) is 4.44. The molecular weight excluding hydrogens is 235 g/mol. The summed E-state index contributed by atoms with van der Waals surface area (Å²) in [6, 6.07) is 2.58. The van der Waals surface area contributed by atoms with Crippen LogP contribution in [0, 0.1) is 12.7 Å². The molecule has 0 amide bonds. The molecule has 0 aliphatic carbocycles. The van der Waals surface area contributed by atoms with Gasteiger partial charge in [0.25, 0.3) is 0 Å². The second-order valence-corrected chi connectivity index (χ2v) is 3.27. The van der Waals surface area contributed by atoms with Crippen molar-refractivity contribution in [3.8, 4) is 11.7 Å². The van der Waals surface area contributed by atoms with E-state index in [-0.39, 0.29) is 5.88 Å². The largest absolute Gasteiger partial charge is 0.415 e. The summed E-state index contributed by atoms with van der Waals surface area (Å²) in [7, 11) is 0. The molecule has 0 fully saturated rings. The number of ether oxygens (including phenoxy) is 1. The van der Waals surface area contributed by atoms with E-state index in [0.717, 1.165) is 6.20 Å². The first kappa shape index (κ1) is 11.4. The molecule has 7 heteroatoms. The lowest BCUT2D eigenvalue weighted by Crippen LogP contribution is -2.04. The monoisotopic (exact) mass is 243 g/mol. The third kappa shape index (κ3) is 2.55. The van der Waals surface area contributed by atoms with Crippen molar-refractivity contribution in [2.75, 3.05) is 0 Å². The fraction of sp³-hybridized carbons (Fsp3) is 0.200. The fourth-order valence-electron chi connectivity index (χ4n) is 1.27. The van der Waals surface area contributed by atoms with Gasteiger partial charge in [-0.05, 0) is 19.1 Å². The average Bonchev–Trinajstić information content (AvgIpc) is 2.60. The number of aryl methyl sites for hydroxylation is 1. The van der Waals surface area contributed by atoms with Crippen LogP contribution in [0.4, 0.5) is 13.2 Å². The van der Waals surface area contributed by atoms with Gasteiger partial charge < -0.3 is 4.74 Å². The van der Waals surface area contributed by atoms with Crippen molar-refractivity contribution in [3.63, 3.8) is 0 Å². The van der Waals surface area contributed by atoms with Gasteiger partial charge in [0.05, 0.1) is 6.20 Å². The van der Waals surface area contributed by atoms with Crippen molar-refractivity contribution in [1.82, 2.24) is 14.8 Å². The number of halogens is 3. The molecule has 0 aliphatic heterocycles. The van der Waals surface area contributed by atoms with Crippen LogP contribution < -0.4 is 4.74 Å². The predicted octanol–water partition coefficient (Wildman–Crippen LogP) is 2.32. The highest BCUT2D eigenvalue weighted by Crippen LogP contribution is 2.18. The van der Waals surface area contributed by atoms with Gasteiger partial charge in [-0.15, -0.1) is 5.10 Å². The Morgan fingerprint density at radius 3 is 2.71 bits per heavy atom. The summed E-state index contributed by atoms with van der Waals surface area (Å²) in [6.45, 7) is -1.36. The highest BCUT2D eigenvalue weighted by atomic mass is 19.3. The van der Waals surface area contributed by atoms with Gasteiger partial charge in [-0.25, -0.2) is 14.1 Å². The molecular formula is C10H8F3N3O. The lowest BCUT2D eigenvalue weighted by atomic mass is 10.4. The number of aromatic nitrogens is 3. The number of nitrogens with zero attached hydrogens (tertiary/aromatic N) is 3. The van der Waals surface area contributed by atoms with Crippen LogP contribution in [0.1, 0.15) is 5.56 Å². The number of pyridine rings is 1. The smallest absolute Gasteiger partial charge is 0.388 e. The van der Waals surface area contributed by atoms with Crippen LogP contribution in [0.15, 0.2) is 24.5 Å². The molecule has 0 unspecified atom stereocenters. The first-order chi connectivity index (χ1) is 8.06. The van der Waals surface area contributed by atoms with Crippen LogP contribution in [-0.4, -0.2) is 21.4 Å². The molecule has 0 radical (unpaired) electrons. The Labute approximate surface area is 94.7 Å². The van der Waals surface area contributed by atoms with E-state index in [9.17, 15) is 13.2 Å². The van der Waals surface area contributed by atoms with Gasteiger partial charge in [-0.3, -0.25) is 0 Å². The first-order valence-electron chi connectivity index (χ1n) is 4.69. The lowest BCUT2D eigenvalue weighted by molar-refractivity contribution is -0.0534. The van der Waals surface area contributed by atoms with Crippen molar-refractivity contribution in [2.24, 2.45) is 0 Å². The van der Waals surface area contributed by atoms with Gasteiger partial charge in [0, 0.05) is 11.8 Å². The number of rotatable bonds is 3. The van der Waals surface area contributed by atoms with Crippen molar-refractivity contribution in [3.05, 3.63) is 35.9 Å². The molecule has 0 atom stereocenters. The molecule has 0 aliphatic rings. The molecule has 0 saturated carbocycles. The van der Waals surface area contributed by atoms with E-state index in [1.165, 1.54) is 23.0 Å². The standard InChI is InChI=1S/C10H8F3N3O/c1-6-5-16(15-9(6)17-10(12)13)8-3-2-7(11)4-14-8/h2-5,10H,1H3. The summed E-state index contributed by atoms with van der Waals surface area (Å²) in [5, 5.41) is 3.78. The third-order valence-electron chi connectivity index (χ3n) is 2.00. The van der Waals surface area contributed by atoms with E-state index in [1.807, 2.05) is 0 Å². The summed E-state index contributed by atoms with van der Waals surface area (Å²) < 4.78 is 42.1. The summed E-state index contributed by atoms with van der Waals surface area (Å²) in [5.74, 6) is -0.341. The van der Waals surface area contributed by atoms with E-state index >= 15 is 0 Å². The predicted molar refractivity (Wildman–Crippen MR) is 52.7 cm³/mol. The molecule has 0 saturated heterocycles. The van der Waals surface area contributed by atoms with Crippen molar-refractivity contribution < 1.29 is 17.9 Å². The summed E-state index contributed by atoms with van der Waals surface area (Å²) >= 11 is 0. The molecule has 2 heterocycles. The van der Waals surface area contributed by atoms with Crippen LogP contribution in [-0.2, 0) is 0 Å². The minimum Gasteiger partial charge on any atom is -0.415 e. The Hall–Kier alpha value is -2.05. The molecule has 2 aromatic rings. The molecule has 0 bridgehead atoms. The van der Waals surface area contributed by atoms with Gasteiger partial charge in [-0.2, -0.15) is 8.78 Å². The van der Waals surface area contributed by atoms with Gasteiger partial charge in [-0.1, -0.05) is 0 Å². The topological polar surface area (TPSA) is 39.9 Å². The SMILES string of the molecule is Cc1cn(-c2ccc(F)cn2)nc1OC(F)F. The van der Waals surface area contributed by atoms with Crippen LogP contribution in [0.5, 0.6) is 5.88 Å². The van der Waals surface area contributed by atoms with E-state index in [4.69, 9.17) is 0 Å². The maximum Gasteiger partial charge on any atom is 0.388 e. The maximum absolute atomic E-state index is 12.6. The average molecular weight is 243 g/mol. The van der Waals surface area contributed by atoms with E-state index in [1.54, 1.807) is 6.92 Å². The van der Waals surface area contributed by atoms with E-state index in [2.05, 4.69) is 14.8 Å². The molecule has 0 spiro atoms. The van der Waals surface area contributed by atoms with Crippen LogP contribution in [0.25, 0.3) is 5.82 Å². The summed E-state index contributed by atoms with van der Waals surface area (Å²) in [6.07, 6.45) is 2.48. The molecule has 0 aromatic carbocycles. The van der Waals surface area contributed by atoms with Crippen molar-refractivity contribution in [1.29, 1.82) is 0 Å². The normalized spacial score (nSPS) is 10.9. The van der Waals surface area contributed by atoms with E-state index in [0.29, 0.717) is 11.4 Å². The number of hydrogen-bond acceptors (Lipinski definition) is 3. The van der Waals surface area contributed by atoms with Crippen molar-refractivity contribution >= 4 is 0 Å². The zero-order chi connectivity index (χ0) is 12.4. The Balaban J connectivity index is 2.31. The maximum atomic E-state index is 12.6. The molecule has 17 heavy (non-hydrogen) atoms. The highest BCUT2D eigenvalue weighted by molar-refractivity contribution is 5.28. The molecule has 2 aromatic heterocycles. The second-order valence-electron chi connectivity index (χ2n) is 3.27. The van der Waals surface area contributed by atoms with Gasteiger partial charge in [0.1, 0.15) is 5.82 Å². The van der Waals surface area contributed by atoms with Crippen LogP contribution >= 0.6 is 0 Å². The minimum absolute atomic E-state index is 0.175. The Bertz CT molecular complexity index is 510. The molecule has 0 N–H and O–H groups in total. The zero-order valence-electron chi connectivity index (χ0n) is 8.77. The Morgan fingerprint density at radius 2 is 2.12 bits per heavy atom. The Kier molecular flexibility index (Phi) is 2.99. The molecule has 2 rings (SSSR count). The minimum atomic E-state index is -2.93. The van der Waals surface area contributed by atoms with Crippen molar-refractivity contribution in [2.45, 2.75) is 13.5 Å².